The molecule has 8 heteroatoms. The number of piperidine rings is 1. The van der Waals surface area contributed by atoms with Gasteiger partial charge in [-0.1, -0.05) is 5.16 Å². The Morgan fingerprint density at radius 2 is 2.26 bits per heavy atom. The summed E-state index contributed by atoms with van der Waals surface area (Å²) < 4.78 is 10.4. The second kappa shape index (κ2) is 6.93. The average Bonchev–Trinajstić information content (AvgIpc) is 3.18. The summed E-state index contributed by atoms with van der Waals surface area (Å²) in [6, 6.07) is 3.51. The Hall–Kier alpha value is -2.19. The van der Waals surface area contributed by atoms with Crippen molar-refractivity contribution in [2.75, 3.05) is 26.7 Å². The van der Waals surface area contributed by atoms with Gasteiger partial charge < -0.3 is 18.9 Å². The molecule has 124 valence electrons. The zero-order valence-corrected chi connectivity index (χ0v) is 13.0. The molecule has 8 nitrogen and oxygen atoms in total. The third-order valence-corrected chi connectivity index (χ3v) is 3.84. The van der Waals surface area contributed by atoms with Gasteiger partial charge in [0.1, 0.15) is 0 Å². The van der Waals surface area contributed by atoms with E-state index in [1.807, 2.05) is 11.9 Å². The highest BCUT2D eigenvalue weighted by Gasteiger charge is 2.22. The fraction of sp³-hybridized carbons (Fsp3) is 0.533. The molecule has 0 aromatic carbocycles. The number of hydrogen-bond donors (Lipinski definition) is 1. The lowest BCUT2D eigenvalue weighted by Crippen LogP contribution is -2.44. The van der Waals surface area contributed by atoms with E-state index in [1.54, 1.807) is 23.3 Å². The molecule has 1 aliphatic heterocycles. The summed E-state index contributed by atoms with van der Waals surface area (Å²) in [4.78, 5) is 20.1. The van der Waals surface area contributed by atoms with Gasteiger partial charge in [0.15, 0.2) is 5.76 Å². The van der Waals surface area contributed by atoms with E-state index >= 15 is 0 Å². The Morgan fingerprint density at radius 3 is 2.96 bits per heavy atom. The quantitative estimate of drug-likeness (QED) is 0.868. The molecular formula is C15H20N4O4. The van der Waals surface area contributed by atoms with E-state index in [0.29, 0.717) is 50.0 Å². The number of likely N-dealkylation sites (N-methyl/N-ethyl adjacent to an activating group) is 1. The maximum Gasteiger partial charge on any atom is 0.241 e. The van der Waals surface area contributed by atoms with Crippen molar-refractivity contribution >= 4 is 5.91 Å². The molecule has 1 amide bonds. The number of likely N-dealkylation sites (tertiary alicyclic amines) is 1. The average molecular weight is 320 g/mol. The minimum Gasteiger partial charge on any atom is -0.461 e. The standard InChI is InChI=1S/C15H20N4O4/c1-18(10-14(21)19-6-4-11(20)5-7-19)9-13-16-15(17-23-13)12-3-2-8-22-12/h2-3,8,11,20H,4-7,9-10H2,1H3. The van der Waals surface area contributed by atoms with E-state index < -0.39 is 0 Å². The third-order valence-electron chi connectivity index (χ3n) is 3.84. The molecule has 0 bridgehead atoms. The Bertz CT molecular complexity index is 632. The van der Waals surface area contributed by atoms with Gasteiger partial charge in [0.25, 0.3) is 0 Å². The fourth-order valence-corrected chi connectivity index (χ4v) is 2.56. The molecule has 2 aromatic rings. The molecule has 1 fully saturated rings. The van der Waals surface area contributed by atoms with Crippen LogP contribution in [0.1, 0.15) is 18.7 Å². The first kappa shape index (κ1) is 15.7. The molecular weight excluding hydrogens is 300 g/mol. The molecule has 3 rings (SSSR count). The third kappa shape index (κ3) is 3.96. The topological polar surface area (TPSA) is 95.8 Å². The number of furan rings is 1. The lowest BCUT2D eigenvalue weighted by Gasteiger charge is -2.30. The van der Waals surface area contributed by atoms with Gasteiger partial charge in [-0.2, -0.15) is 4.98 Å². The highest BCUT2D eigenvalue weighted by molar-refractivity contribution is 5.78. The van der Waals surface area contributed by atoms with Crippen molar-refractivity contribution in [3.63, 3.8) is 0 Å². The van der Waals surface area contributed by atoms with Crippen LogP contribution in [0.25, 0.3) is 11.6 Å². The molecule has 0 saturated carbocycles. The molecule has 0 aliphatic carbocycles. The van der Waals surface area contributed by atoms with Crippen LogP contribution in [0.3, 0.4) is 0 Å². The number of aliphatic hydroxyl groups excluding tert-OH is 1. The molecule has 1 N–H and O–H groups in total. The molecule has 0 unspecified atom stereocenters. The van der Waals surface area contributed by atoms with E-state index in [0.717, 1.165) is 0 Å². The van der Waals surface area contributed by atoms with Crippen LogP contribution in [0.4, 0.5) is 0 Å². The second-order valence-corrected chi connectivity index (χ2v) is 5.77. The van der Waals surface area contributed by atoms with E-state index in [2.05, 4.69) is 10.1 Å². The summed E-state index contributed by atoms with van der Waals surface area (Å²) in [5.41, 5.74) is 0. The highest BCUT2D eigenvalue weighted by Crippen LogP contribution is 2.16. The Kier molecular flexibility index (Phi) is 4.73. The normalized spacial score (nSPS) is 16.2. The first-order valence-electron chi connectivity index (χ1n) is 7.62. The SMILES string of the molecule is CN(CC(=O)N1CCC(O)CC1)Cc1nc(-c2ccco2)no1. The first-order valence-corrected chi connectivity index (χ1v) is 7.62. The van der Waals surface area contributed by atoms with Crippen molar-refractivity contribution in [2.45, 2.75) is 25.5 Å². The number of rotatable bonds is 5. The van der Waals surface area contributed by atoms with Crippen LogP contribution < -0.4 is 0 Å². The number of hydrogen-bond acceptors (Lipinski definition) is 7. The first-order chi connectivity index (χ1) is 11.1. The van der Waals surface area contributed by atoms with Crippen LogP contribution >= 0.6 is 0 Å². The van der Waals surface area contributed by atoms with Crippen LogP contribution in [0.5, 0.6) is 0 Å². The molecule has 3 heterocycles. The predicted molar refractivity (Wildman–Crippen MR) is 80.2 cm³/mol. The number of nitrogens with zero attached hydrogens (tertiary/aromatic N) is 4. The van der Waals surface area contributed by atoms with E-state index in [4.69, 9.17) is 8.94 Å². The van der Waals surface area contributed by atoms with Crippen molar-refractivity contribution in [2.24, 2.45) is 0 Å². The molecule has 2 aromatic heterocycles. The van der Waals surface area contributed by atoms with Crippen molar-refractivity contribution < 1.29 is 18.8 Å². The zero-order valence-electron chi connectivity index (χ0n) is 13.0. The predicted octanol–water partition coefficient (Wildman–Crippen LogP) is 0.745. The Labute approximate surface area is 133 Å². The van der Waals surface area contributed by atoms with Gasteiger partial charge >= 0.3 is 0 Å². The van der Waals surface area contributed by atoms with Crippen LogP contribution in [-0.2, 0) is 11.3 Å². The minimum absolute atomic E-state index is 0.0465. The van der Waals surface area contributed by atoms with E-state index in [1.165, 1.54) is 0 Å². The van der Waals surface area contributed by atoms with E-state index in [9.17, 15) is 9.90 Å². The fourth-order valence-electron chi connectivity index (χ4n) is 2.56. The number of carbonyl (C=O) groups excluding carboxylic acids is 1. The highest BCUT2D eigenvalue weighted by atomic mass is 16.5. The monoisotopic (exact) mass is 320 g/mol. The maximum atomic E-state index is 12.2. The molecule has 1 aliphatic rings. The number of aliphatic hydroxyl groups is 1. The summed E-state index contributed by atoms with van der Waals surface area (Å²) in [6.07, 6.45) is 2.55. The van der Waals surface area contributed by atoms with Crippen LogP contribution in [0, 0.1) is 0 Å². The van der Waals surface area contributed by atoms with Gasteiger partial charge in [0.2, 0.25) is 17.6 Å². The molecule has 0 spiro atoms. The van der Waals surface area contributed by atoms with Crippen molar-refractivity contribution in [1.82, 2.24) is 19.9 Å². The Balaban J connectivity index is 1.51. The zero-order chi connectivity index (χ0) is 16.2. The van der Waals surface area contributed by atoms with Gasteiger partial charge in [-0.3, -0.25) is 9.69 Å². The number of amides is 1. The summed E-state index contributed by atoms with van der Waals surface area (Å²) in [7, 11) is 1.83. The minimum atomic E-state index is -0.282. The Morgan fingerprint density at radius 1 is 1.48 bits per heavy atom. The summed E-state index contributed by atoms with van der Waals surface area (Å²) in [6.45, 7) is 1.87. The molecule has 0 radical (unpaired) electrons. The van der Waals surface area contributed by atoms with Crippen molar-refractivity contribution in [1.29, 1.82) is 0 Å². The lowest BCUT2D eigenvalue weighted by molar-refractivity contribution is -0.134. The lowest BCUT2D eigenvalue weighted by atomic mass is 10.1. The molecule has 23 heavy (non-hydrogen) atoms. The summed E-state index contributed by atoms with van der Waals surface area (Å²) in [5.74, 6) is 1.42. The molecule has 0 atom stereocenters. The van der Waals surface area contributed by atoms with Gasteiger partial charge in [-0.15, -0.1) is 0 Å². The van der Waals surface area contributed by atoms with Crippen LogP contribution in [-0.4, -0.2) is 63.7 Å². The van der Waals surface area contributed by atoms with Crippen LogP contribution in [0.2, 0.25) is 0 Å². The van der Waals surface area contributed by atoms with E-state index in [-0.39, 0.29) is 18.6 Å². The van der Waals surface area contributed by atoms with Gasteiger partial charge in [-0.05, 0) is 32.0 Å². The number of aromatic nitrogens is 2. The summed E-state index contributed by atoms with van der Waals surface area (Å²) >= 11 is 0. The summed E-state index contributed by atoms with van der Waals surface area (Å²) in [5, 5.41) is 13.3. The molecule has 1 saturated heterocycles. The number of carbonyl (C=O) groups is 1. The van der Waals surface area contributed by atoms with Gasteiger partial charge in [0, 0.05) is 13.1 Å². The smallest absolute Gasteiger partial charge is 0.241 e. The largest absolute Gasteiger partial charge is 0.461 e. The van der Waals surface area contributed by atoms with Crippen molar-refractivity contribution in [3.05, 3.63) is 24.3 Å². The van der Waals surface area contributed by atoms with Crippen LogP contribution in [0.15, 0.2) is 27.3 Å². The maximum absolute atomic E-state index is 12.2. The van der Waals surface area contributed by atoms with Gasteiger partial charge in [0.05, 0.1) is 25.5 Å². The second-order valence-electron chi connectivity index (χ2n) is 5.77. The van der Waals surface area contributed by atoms with Gasteiger partial charge in [-0.25, -0.2) is 0 Å². The van der Waals surface area contributed by atoms with Crippen molar-refractivity contribution in [3.8, 4) is 11.6 Å².